The minimum absolute atomic E-state index is 0.0129. The van der Waals surface area contributed by atoms with Gasteiger partial charge >= 0.3 is 6.03 Å². The SMILES string of the molecule is O=C(CC1CN(S(=O)(=O)c2cc3ccc(Cl)cc3s2)CCN1C(=O)N1CCC2=C(N1)OCN2)N1CCOCC1. The molecule has 210 valence electrons. The second-order valence-electron chi connectivity index (χ2n) is 9.72. The van der Waals surface area contributed by atoms with Gasteiger partial charge in [0.25, 0.3) is 10.0 Å². The number of amides is 3. The normalized spacial score (nSPS) is 22.4. The van der Waals surface area contributed by atoms with Crippen molar-refractivity contribution in [3.63, 3.8) is 0 Å². The number of piperazine rings is 1. The van der Waals surface area contributed by atoms with E-state index in [0.29, 0.717) is 56.9 Å². The van der Waals surface area contributed by atoms with Crippen LogP contribution in [0.3, 0.4) is 0 Å². The average Bonchev–Trinajstić information content (AvgIpc) is 3.60. The fourth-order valence-electron chi connectivity index (χ4n) is 5.22. The third-order valence-electron chi connectivity index (χ3n) is 7.35. The van der Waals surface area contributed by atoms with Crippen LogP contribution in [0.4, 0.5) is 4.79 Å². The summed E-state index contributed by atoms with van der Waals surface area (Å²) in [7, 11) is -3.86. The van der Waals surface area contributed by atoms with Crippen LogP contribution in [0.1, 0.15) is 12.8 Å². The molecule has 0 spiro atoms. The number of hydrogen-bond acceptors (Lipinski definition) is 9. The van der Waals surface area contributed by atoms with Gasteiger partial charge in [-0.1, -0.05) is 17.7 Å². The van der Waals surface area contributed by atoms with Crippen molar-refractivity contribution in [3.8, 4) is 0 Å². The second-order valence-corrected chi connectivity index (χ2v) is 13.4. The molecule has 4 aliphatic rings. The van der Waals surface area contributed by atoms with Gasteiger partial charge < -0.3 is 24.6 Å². The van der Waals surface area contributed by atoms with Crippen molar-refractivity contribution in [2.24, 2.45) is 0 Å². The molecule has 39 heavy (non-hydrogen) atoms. The van der Waals surface area contributed by atoms with E-state index in [1.807, 2.05) is 0 Å². The number of fused-ring (bicyclic) bond motifs is 1. The molecular weight excluding hydrogens is 568 g/mol. The van der Waals surface area contributed by atoms with Crippen LogP contribution in [0.2, 0.25) is 5.02 Å². The monoisotopic (exact) mass is 596 g/mol. The summed E-state index contributed by atoms with van der Waals surface area (Å²) in [4.78, 5) is 30.2. The lowest BCUT2D eigenvalue weighted by molar-refractivity contribution is -0.136. The highest BCUT2D eigenvalue weighted by molar-refractivity contribution is 7.91. The molecule has 2 saturated heterocycles. The number of thiophene rings is 1. The van der Waals surface area contributed by atoms with E-state index < -0.39 is 16.1 Å². The van der Waals surface area contributed by atoms with Gasteiger partial charge in [-0.3, -0.25) is 10.2 Å². The largest absolute Gasteiger partial charge is 0.456 e. The number of carbonyl (C=O) groups is 2. The highest BCUT2D eigenvalue weighted by Crippen LogP contribution is 2.34. The molecule has 0 bridgehead atoms. The van der Waals surface area contributed by atoms with Crippen molar-refractivity contribution in [2.75, 3.05) is 59.2 Å². The van der Waals surface area contributed by atoms with E-state index in [1.165, 1.54) is 9.31 Å². The Labute approximate surface area is 235 Å². The molecule has 1 aromatic carbocycles. The second kappa shape index (κ2) is 10.7. The zero-order chi connectivity index (χ0) is 27.1. The molecule has 1 atom stereocenters. The Balaban J connectivity index is 1.23. The van der Waals surface area contributed by atoms with Gasteiger partial charge in [-0.2, -0.15) is 4.31 Å². The number of benzene rings is 1. The van der Waals surface area contributed by atoms with Gasteiger partial charge in [-0.15, -0.1) is 11.3 Å². The summed E-state index contributed by atoms with van der Waals surface area (Å²) in [6.07, 6.45) is 0.620. The molecule has 1 aromatic heterocycles. The molecule has 2 N–H and O–H groups in total. The highest BCUT2D eigenvalue weighted by Gasteiger charge is 2.41. The number of urea groups is 1. The molecule has 1 unspecified atom stereocenters. The molecule has 0 saturated carbocycles. The standard InChI is InChI=1S/C24H29ClN6O6S2/c25-17-2-1-16-11-22(38-20(16)12-17)39(34,35)29-5-6-30(18(14-29)13-21(32)28-7-9-36-10-8-28)24(33)31-4-3-19-23(27-31)37-15-26-19/h1-2,11-12,18,26-27H,3-10,13-15H2. The Morgan fingerprint density at radius 3 is 2.74 bits per heavy atom. The third-order valence-corrected chi connectivity index (χ3v) is 11.0. The zero-order valence-corrected chi connectivity index (χ0v) is 23.5. The summed E-state index contributed by atoms with van der Waals surface area (Å²) in [5, 5.41) is 5.93. The smallest absolute Gasteiger partial charge is 0.339 e. The molecule has 12 nitrogen and oxygen atoms in total. The summed E-state index contributed by atoms with van der Waals surface area (Å²) in [6.45, 7) is 2.90. The fourth-order valence-corrected chi connectivity index (χ4v) is 8.51. The predicted molar refractivity (Wildman–Crippen MR) is 144 cm³/mol. The third kappa shape index (κ3) is 5.23. The first-order valence-corrected chi connectivity index (χ1v) is 15.4. The molecule has 5 heterocycles. The minimum atomic E-state index is -3.86. The number of carbonyl (C=O) groups excluding carboxylic acids is 2. The van der Waals surface area contributed by atoms with Crippen LogP contribution in [0, 0.1) is 0 Å². The van der Waals surface area contributed by atoms with E-state index >= 15 is 0 Å². The van der Waals surface area contributed by atoms with Gasteiger partial charge in [0, 0.05) is 61.8 Å². The number of sulfonamides is 1. The number of rotatable bonds is 4. The Morgan fingerprint density at radius 2 is 1.92 bits per heavy atom. The number of nitrogens with zero attached hydrogens (tertiary/aromatic N) is 4. The summed E-state index contributed by atoms with van der Waals surface area (Å²) in [5.74, 6) is 0.387. The Kier molecular flexibility index (Phi) is 7.22. The van der Waals surface area contributed by atoms with Gasteiger partial charge in [-0.25, -0.2) is 18.2 Å². The van der Waals surface area contributed by atoms with E-state index in [2.05, 4.69) is 10.7 Å². The lowest BCUT2D eigenvalue weighted by Crippen LogP contribution is -2.62. The van der Waals surface area contributed by atoms with Gasteiger partial charge in [-0.05, 0) is 23.6 Å². The maximum Gasteiger partial charge on any atom is 0.339 e. The molecule has 6 rings (SSSR count). The van der Waals surface area contributed by atoms with Crippen LogP contribution in [-0.2, 0) is 24.3 Å². The van der Waals surface area contributed by atoms with E-state index in [-0.39, 0.29) is 42.2 Å². The van der Waals surface area contributed by atoms with Crippen LogP contribution < -0.4 is 10.7 Å². The number of morpholine rings is 1. The lowest BCUT2D eigenvalue weighted by atomic mass is 10.1. The average molecular weight is 597 g/mol. The van der Waals surface area contributed by atoms with Crippen molar-refractivity contribution < 1.29 is 27.5 Å². The summed E-state index contributed by atoms with van der Waals surface area (Å²) >= 11 is 7.27. The number of halogens is 1. The number of hydrazine groups is 1. The Hall–Kier alpha value is -2.78. The molecule has 3 amide bonds. The molecule has 0 aliphatic carbocycles. The molecule has 2 aromatic rings. The van der Waals surface area contributed by atoms with E-state index in [9.17, 15) is 18.0 Å². The zero-order valence-electron chi connectivity index (χ0n) is 21.1. The molecular formula is C24H29ClN6O6S2. The highest BCUT2D eigenvalue weighted by atomic mass is 35.5. The number of nitrogens with one attached hydrogen (secondary N) is 2. The number of hydrogen-bond donors (Lipinski definition) is 2. The van der Waals surface area contributed by atoms with Crippen LogP contribution >= 0.6 is 22.9 Å². The van der Waals surface area contributed by atoms with Gasteiger partial charge in [0.05, 0.1) is 25.0 Å². The first kappa shape index (κ1) is 26.4. The maximum absolute atomic E-state index is 13.7. The maximum atomic E-state index is 13.7. The van der Waals surface area contributed by atoms with Gasteiger partial charge in [0.2, 0.25) is 11.8 Å². The van der Waals surface area contributed by atoms with Crippen molar-refractivity contribution in [2.45, 2.75) is 23.1 Å². The van der Waals surface area contributed by atoms with Gasteiger partial charge in [0.1, 0.15) is 4.21 Å². The molecule has 15 heteroatoms. The van der Waals surface area contributed by atoms with Crippen molar-refractivity contribution in [1.29, 1.82) is 0 Å². The topological polar surface area (TPSA) is 124 Å². The van der Waals surface area contributed by atoms with Crippen molar-refractivity contribution in [3.05, 3.63) is 40.9 Å². The Bertz CT molecular complexity index is 1430. The van der Waals surface area contributed by atoms with Crippen LogP contribution in [0.25, 0.3) is 10.1 Å². The van der Waals surface area contributed by atoms with Crippen molar-refractivity contribution in [1.82, 2.24) is 29.9 Å². The first-order chi connectivity index (χ1) is 18.8. The lowest BCUT2D eigenvalue weighted by Gasteiger charge is -2.43. The van der Waals surface area contributed by atoms with E-state index in [0.717, 1.165) is 27.1 Å². The quantitative estimate of drug-likeness (QED) is 0.545. The predicted octanol–water partition coefficient (Wildman–Crippen LogP) is 1.56. The van der Waals surface area contributed by atoms with E-state index in [1.54, 1.807) is 34.1 Å². The summed E-state index contributed by atoms with van der Waals surface area (Å²) in [5.41, 5.74) is 3.94. The summed E-state index contributed by atoms with van der Waals surface area (Å²) in [6, 6.07) is 5.96. The molecule has 4 aliphatic heterocycles. The van der Waals surface area contributed by atoms with Gasteiger partial charge in [0.15, 0.2) is 6.73 Å². The van der Waals surface area contributed by atoms with Crippen LogP contribution in [0.15, 0.2) is 40.1 Å². The van der Waals surface area contributed by atoms with Crippen LogP contribution in [0.5, 0.6) is 0 Å². The van der Waals surface area contributed by atoms with E-state index in [4.69, 9.17) is 21.1 Å². The fraction of sp³-hybridized carbons (Fsp3) is 0.500. The summed E-state index contributed by atoms with van der Waals surface area (Å²) < 4.78 is 40.7. The molecule has 2 fully saturated rings. The van der Waals surface area contributed by atoms with Crippen molar-refractivity contribution >= 4 is 55.0 Å². The Morgan fingerprint density at radius 1 is 1.10 bits per heavy atom. The minimum Gasteiger partial charge on any atom is -0.456 e. The number of ether oxygens (including phenoxy) is 2. The van der Waals surface area contributed by atoms with Crippen LogP contribution in [-0.4, -0.2) is 105 Å². The first-order valence-electron chi connectivity index (χ1n) is 12.8. The molecule has 0 radical (unpaired) electrons.